The van der Waals surface area contributed by atoms with Gasteiger partial charge in [-0.1, -0.05) is 30.5 Å². The molecular formula is C20H31ClN4O2. The first-order valence-electron chi connectivity index (χ1n) is 9.76. The van der Waals surface area contributed by atoms with Crippen molar-refractivity contribution in [2.45, 2.75) is 51.5 Å². The SMILES string of the molecule is CCNC(=NCCC(=O)NC1CCCC1)NCCc1ccc(OC)cc1Cl. The van der Waals surface area contributed by atoms with Gasteiger partial charge in [-0.05, 0) is 43.9 Å². The van der Waals surface area contributed by atoms with Crippen molar-refractivity contribution in [3.05, 3.63) is 28.8 Å². The third kappa shape index (κ3) is 7.67. The Morgan fingerprint density at radius 2 is 2.07 bits per heavy atom. The third-order valence-corrected chi connectivity index (χ3v) is 4.97. The molecule has 3 N–H and O–H groups in total. The number of aliphatic imine (C=N–C) groups is 1. The summed E-state index contributed by atoms with van der Waals surface area (Å²) in [6.07, 6.45) is 5.83. The number of hydrogen-bond donors (Lipinski definition) is 3. The number of halogens is 1. The minimum Gasteiger partial charge on any atom is -0.497 e. The maximum atomic E-state index is 12.0. The molecule has 2 rings (SSSR count). The molecule has 0 saturated heterocycles. The van der Waals surface area contributed by atoms with Gasteiger partial charge >= 0.3 is 0 Å². The molecule has 1 fully saturated rings. The summed E-state index contributed by atoms with van der Waals surface area (Å²) in [4.78, 5) is 16.5. The second-order valence-corrected chi connectivity index (χ2v) is 7.10. The van der Waals surface area contributed by atoms with E-state index in [0.29, 0.717) is 30.6 Å². The highest BCUT2D eigenvalue weighted by molar-refractivity contribution is 6.31. The van der Waals surface area contributed by atoms with Crippen molar-refractivity contribution < 1.29 is 9.53 Å². The van der Waals surface area contributed by atoms with Crippen LogP contribution in [0.3, 0.4) is 0 Å². The number of ether oxygens (including phenoxy) is 1. The van der Waals surface area contributed by atoms with Crippen LogP contribution in [0.2, 0.25) is 5.02 Å². The van der Waals surface area contributed by atoms with E-state index in [4.69, 9.17) is 16.3 Å². The molecule has 1 aromatic carbocycles. The number of nitrogens with one attached hydrogen (secondary N) is 3. The van der Waals surface area contributed by atoms with Crippen molar-refractivity contribution in [1.82, 2.24) is 16.0 Å². The molecule has 0 spiro atoms. The van der Waals surface area contributed by atoms with Gasteiger partial charge in [-0.3, -0.25) is 9.79 Å². The van der Waals surface area contributed by atoms with Gasteiger partial charge in [-0.25, -0.2) is 0 Å². The van der Waals surface area contributed by atoms with Crippen LogP contribution >= 0.6 is 11.6 Å². The molecule has 0 heterocycles. The van der Waals surface area contributed by atoms with Crippen molar-refractivity contribution in [3.8, 4) is 5.75 Å². The lowest BCUT2D eigenvalue weighted by atomic mass is 10.1. The molecule has 0 aromatic heterocycles. The van der Waals surface area contributed by atoms with Crippen molar-refractivity contribution in [2.75, 3.05) is 26.7 Å². The number of hydrogen-bond acceptors (Lipinski definition) is 3. The third-order valence-electron chi connectivity index (χ3n) is 4.62. The number of rotatable bonds is 9. The van der Waals surface area contributed by atoms with E-state index in [0.717, 1.165) is 43.1 Å². The topological polar surface area (TPSA) is 74.8 Å². The number of guanidine groups is 1. The first-order chi connectivity index (χ1) is 13.1. The van der Waals surface area contributed by atoms with Crippen LogP contribution in [0.15, 0.2) is 23.2 Å². The molecule has 27 heavy (non-hydrogen) atoms. The predicted octanol–water partition coefficient (Wildman–Crippen LogP) is 2.90. The summed E-state index contributed by atoms with van der Waals surface area (Å²) >= 11 is 6.27. The van der Waals surface area contributed by atoms with Gasteiger partial charge in [0.2, 0.25) is 5.91 Å². The summed E-state index contributed by atoms with van der Waals surface area (Å²) < 4.78 is 5.17. The Morgan fingerprint density at radius 3 is 2.74 bits per heavy atom. The van der Waals surface area contributed by atoms with Gasteiger partial charge in [-0.2, -0.15) is 0 Å². The maximum Gasteiger partial charge on any atom is 0.222 e. The Morgan fingerprint density at radius 1 is 1.30 bits per heavy atom. The molecule has 0 aliphatic heterocycles. The zero-order valence-corrected chi connectivity index (χ0v) is 17.1. The van der Waals surface area contributed by atoms with Gasteiger partial charge in [0.1, 0.15) is 5.75 Å². The molecule has 150 valence electrons. The zero-order chi connectivity index (χ0) is 19.5. The maximum absolute atomic E-state index is 12.0. The fraction of sp³-hybridized carbons (Fsp3) is 0.600. The molecule has 1 saturated carbocycles. The first kappa shape index (κ1) is 21.4. The quantitative estimate of drug-likeness (QED) is 0.444. The fourth-order valence-electron chi connectivity index (χ4n) is 3.15. The summed E-state index contributed by atoms with van der Waals surface area (Å²) in [7, 11) is 1.63. The number of nitrogens with zero attached hydrogens (tertiary/aromatic N) is 1. The van der Waals surface area contributed by atoms with E-state index in [1.54, 1.807) is 7.11 Å². The summed E-state index contributed by atoms with van der Waals surface area (Å²) in [5, 5.41) is 10.3. The van der Waals surface area contributed by atoms with E-state index in [9.17, 15) is 4.79 Å². The van der Waals surface area contributed by atoms with E-state index in [1.807, 2.05) is 25.1 Å². The highest BCUT2D eigenvalue weighted by Gasteiger charge is 2.16. The molecule has 1 aliphatic rings. The summed E-state index contributed by atoms with van der Waals surface area (Å²) in [6.45, 7) is 3.96. The summed E-state index contributed by atoms with van der Waals surface area (Å²) in [6, 6.07) is 6.06. The highest BCUT2D eigenvalue weighted by atomic mass is 35.5. The smallest absolute Gasteiger partial charge is 0.222 e. The van der Waals surface area contributed by atoms with Crippen LogP contribution in [-0.4, -0.2) is 44.7 Å². The Bertz CT molecular complexity index is 630. The molecule has 1 aliphatic carbocycles. The second kappa shape index (κ2) is 11.7. The van der Waals surface area contributed by atoms with E-state index in [-0.39, 0.29) is 5.91 Å². The van der Waals surface area contributed by atoms with Crippen molar-refractivity contribution in [3.63, 3.8) is 0 Å². The zero-order valence-electron chi connectivity index (χ0n) is 16.3. The molecule has 0 unspecified atom stereocenters. The lowest BCUT2D eigenvalue weighted by Crippen LogP contribution is -2.39. The van der Waals surface area contributed by atoms with Gasteiger partial charge in [-0.15, -0.1) is 0 Å². The van der Waals surface area contributed by atoms with Crippen LogP contribution in [0.25, 0.3) is 0 Å². The minimum absolute atomic E-state index is 0.0894. The number of amides is 1. The van der Waals surface area contributed by atoms with Gasteiger partial charge < -0.3 is 20.7 Å². The largest absolute Gasteiger partial charge is 0.497 e. The Hall–Kier alpha value is -1.95. The Balaban J connectivity index is 1.74. The molecule has 1 aromatic rings. The van der Waals surface area contributed by atoms with Gasteiger partial charge in [0.25, 0.3) is 0 Å². The lowest BCUT2D eigenvalue weighted by molar-refractivity contribution is -0.121. The number of methoxy groups -OCH3 is 1. The van der Waals surface area contributed by atoms with Crippen LogP contribution in [0.1, 0.15) is 44.6 Å². The van der Waals surface area contributed by atoms with Crippen LogP contribution in [0.4, 0.5) is 0 Å². The van der Waals surface area contributed by atoms with Gasteiger partial charge in [0, 0.05) is 30.6 Å². The number of benzene rings is 1. The summed E-state index contributed by atoms with van der Waals surface area (Å²) in [5.41, 5.74) is 1.05. The average molecular weight is 395 g/mol. The van der Waals surface area contributed by atoms with E-state index in [2.05, 4.69) is 20.9 Å². The van der Waals surface area contributed by atoms with E-state index >= 15 is 0 Å². The molecular weight excluding hydrogens is 364 g/mol. The van der Waals surface area contributed by atoms with Crippen molar-refractivity contribution >= 4 is 23.5 Å². The summed E-state index contributed by atoms with van der Waals surface area (Å²) in [5.74, 6) is 1.56. The average Bonchev–Trinajstić information content (AvgIpc) is 3.15. The molecule has 6 nitrogen and oxygen atoms in total. The molecule has 7 heteroatoms. The standard InChI is InChI=1S/C20H31ClN4O2/c1-3-22-20(24-13-11-19(26)25-16-6-4-5-7-16)23-12-10-15-8-9-17(27-2)14-18(15)21/h8-9,14,16H,3-7,10-13H2,1-2H3,(H,25,26)(H2,22,23,24). The van der Waals surface area contributed by atoms with Gasteiger partial charge in [0.15, 0.2) is 5.96 Å². The first-order valence-corrected chi connectivity index (χ1v) is 10.1. The Labute approximate surface area is 167 Å². The fourth-order valence-corrected chi connectivity index (χ4v) is 3.42. The number of carbonyl (C=O) groups excluding carboxylic acids is 1. The molecule has 1 amide bonds. The lowest BCUT2D eigenvalue weighted by Gasteiger charge is -2.13. The van der Waals surface area contributed by atoms with Crippen LogP contribution in [0, 0.1) is 0 Å². The van der Waals surface area contributed by atoms with Gasteiger partial charge in [0.05, 0.1) is 13.7 Å². The number of carbonyl (C=O) groups is 1. The Kier molecular flexibility index (Phi) is 9.25. The second-order valence-electron chi connectivity index (χ2n) is 6.69. The predicted molar refractivity (Wildman–Crippen MR) is 111 cm³/mol. The highest BCUT2D eigenvalue weighted by Crippen LogP contribution is 2.22. The minimum atomic E-state index is 0.0894. The molecule has 0 radical (unpaired) electrons. The van der Waals surface area contributed by atoms with E-state index < -0.39 is 0 Å². The van der Waals surface area contributed by atoms with E-state index in [1.165, 1.54) is 12.8 Å². The van der Waals surface area contributed by atoms with Crippen molar-refractivity contribution in [2.24, 2.45) is 4.99 Å². The molecule has 0 bridgehead atoms. The van der Waals surface area contributed by atoms with Crippen molar-refractivity contribution in [1.29, 1.82) is 0 Å². The van der Waals surface area contributed by atoms with Crippen LogP contribution < -0.4 is 20.7 Å². The molecule has 0 atom stereocenters. The monoisotopic (exact) mass is 394 g/mol. The van der Waals surface area contributed by atoms with Crippen LogP contribution in [-0.2, 0) is 11.2 Å². The normalized spacial score (nSPS) is 14.9. The van der Waals surface area contributed by atoms with Crippen LogP contribution in [0.5, 0.6) is 5.75 Å².